The molecule has 0 aromatic heterocycles. The van der Waals surface area contributed by atoms with E-state index in [2.05, 4.69) is 15.9 Å². The number of hydrogen-bond donors (Lipinski definition) is 0. The molecule has 1 unspecified atom stereocenters. The van der Waals surface area contributed by atoms with Crippen molar-refractivity contribution in [1.82, 2.24) is 0 Å². The molecule has 3 nitrogen and oxygen atoms in total. The van der Waals surface area contributed by atoms with Gasteiger partial charge in [-0.05, 0) is 43.9 Å². The molecule has 1 aliphatic heterocycles. The molecule has 18 heavy (non-hydrogen) atoms. The van der Waals surface area contributed by atoms with Gasteiger partial charge in [0.15, 0.2) is 6.29 Å². The van der Waals surface area contributed by atoms with Gasteiger partial charge in [0.2, 0.25) is 0 Å². The molecule has 1 aromatic carbocycles. The van der Waals surface area contributed by atoms with Gasteiger partial charge in [-0.1, -0.05) is 15.9 Å². The summed E-state index contributed by atoms with van der Waals surface area (Å²) in [5, 5.41) is 0. The van der Waals surface area contributed by atoms with Crippen LogP contribution in [0.4, 0.5) is 0 Å². The Morgan fingerprint density at radius 2 is 2.33 bits per heavy atom. The summed E-state index contributed by atoms with van der Waals surface area (Å²) < 4.78 is 12.3. The molecule has 4 heteroatoms. The smallest absolute Gasteiger partial charge is 0.153 e. The fraction of sp³-hybridized carbons (Fsp3) is 0.500. The van der Waals surface area contributed by atoms with E-state index in [1.54, 1.807) is 6.07 Å². The van der Waals surface area contributed by atoms with Crippen molar-refractivity contribution in [2.75, 3.05) is 13.2 Å². The van der Waals surface area contributed by atoms with Crippen molar-refractivity contribution < 1.29 is 14.3 Å². The lowest BCUT2D eigenvalue weighted by Crippen LogP contribution is -2.26. The molecule has 0 bridgehead atoms. The van der Waals surface area contributed by atoms with E-state index < -0.39 is 0 Å². The summed E-state index contributed by atoms with van der Waals surface area (Å²) in [5.74, 6) is 0.669. The van der Waals surface area contributed by atoms with Crippen LogP contribution < -0.4 is 4.74 Å². The Morgan fingerprint density at radius 3 is 3.00 bits per heavy atom. The number of ether oxygens (including phenoxy) is 2. The third-order valence-electron chi connectivity index (χ3n) is 3.08. The molecule has 1 saturated heterocycles. The summed E-state index contributed by atoms with van der Waals surface area (Å²) >= 11 is 3.38. The lowest BCUT2D eigenvalue weighted by Gasteiger charge is -2.23. The maximum atomic E-state index is 11.1. The SMILES string of the molecule is Cc1cc(Br)cc(C=O)c1OCC1CCCCO1. The van der Waals surface area contributed by atoms with Crippen LogP contribution in [0.15, 0.2) is 16.6 Å². The number of benzene rings is 1. The van der Waals surface area contributed by atoms with Crippen LogP contribution in [0.25, 0.3) is 0 Å². The van der Waals surface area contributed by atoms with Crippen molar-refractivity contribution in [3.63, 3.8) is 0 Å². The highest BCUT2D eigenvalue weighted by molar-refractivity contribution is 9.10. The molecule has 0 saturated carbocycles. The van der Waals surface area contributed by atoms with E-state index in [9.17, 15) is 4.79 Å². The fourth-order valence-corrected chi connectivity index (χ4v) is 2.75. The van der Waals surface area contributed by atoms with Gasteiger partial charge in [0.1, 0.15) is 12.4 Å². The Labute approximate surface area is 116 Å². The summed E-state index contributed by atoms with van der Waals surface area (Å²) in [4.78, 5) is 11.1. The normalized spacial score (nSPS) is 19.6. The van der Waals surface area contributed by atoms with Gasteiger partial charge >= 0.3 is 0 Å². The van der Waals surface area contributed by atoms with Gasteiger partial charge in [0.05, 0.1) is 11.7 Å². The van der Waals surface area contributed by atoms with Crippen molar-refractivity contribution in [2.45, 2.75) is 32.3 Å². The van der Waals surface area contributed by atoms with Crippen molar-refractivity contribution >= 4 is 22.2 Å². The highest BCUT2D eigenvalue weighted by Crippen LogP contribution is 2.27. The fourth-order valence-electron chi connectivity index (χ4n) is 2.16. The Morgan fingerprint density at radius 1 is 1.50 bits per heavy atom. The second kappa shape index (κ2) is 6.34. The first-order chi connectivity index (χ1) is 8.70. The summed E-state index contributed by atoms with van der Waals surface area (Å²) in [7, 11) is 0. The van der Waals surface area contributed by atoms with E-state index in [1.807, 2.05) is 13.0 Å². The average molecular weight is 313 g/mol. The van der Waals surface area contributed by atoms with Crippen LogP contribution in [0.3, 0.4) is 0 Å². The minimum Gasteiger partial charge on any atom is -0.490 e. The van der Waals surface area contributed by atoms with Gasteiger partial charge in [-0.15, -0.1) is 0 Å². The number of aldehydes is 1. The zero-order chi connectivity index (χ0) is 13.0. The highest BCUT2D eigenvalue weighted by atomic mass is 79.9. The second-order valence-electron chi connectivity index (χ2n) is 4.56. The summed E-state index contributed by atoms with van der Waals surface area (Å²) in [6.45, 7) is 3.27. The predicted molar refractivity (Wildman–Crippen MR) is 73.4 cm³/mol. The molecule has 1 heterocycles. The monoisotopic (exact) mass is 312 g/mol. The molecule has 0 amide bonds. The van der Waals surface area contributed by atoms with Crippen LogP contribution in [-0.4, -0.2) is 25.6 Å². The number of carbonyl (C=O) groups is 1. The Kier molecular flexibility index (Phi) is 4.78. The van der Waals surface area contributed by atoms with Gasteiger partial charge in [-0.25, -0.2) is 0 Å². The largest absolute Gasteiger partial charge is 0.490 e. The van der Waals surface area contributed by atoms with Crippen molar-refractivity contribution in [1.29, 1.82) is 0 Å². The molecule has 0 spiro atoms. The van der Waals surface area contributed by atoms with Crippen LogP contribution in [0, 0.1) is 6.92 Å². The number of carbonyl (C=O) groups excluding carboxylic acids is 1. The summed E-state index contributed by atoms with van der Waals surface area (Å²) in [6, 6.07) is 3.72. The zero-order valence-electron chi connectivity index (χ0n) is 10.4. The molecule has 0 radical (unpaired) electrons. The lowest BCUT2D eigenvalue weighted by atomic mass is 10.1. The van der Waals surface area contributed by atoms with Crippen molar-refractivity contribution in [3.8, 4) is 5.75 Å². The zero-order valence-corrected chi connectivity index (χ0v) is 12.0. The van der Waals surface area contributed by atoms with Crippen molar-refractivity contribution in [2.24, 2.45) is 0 Å². The topological polar surface area (TPSA) is 35.5 Å². The first kappa shape index (κ1) is 13.6. The van der Waals surface area contributed by atoms with Gasteiger partial charge in [-0.3, -0.25) is 4.79 Å². The first-order valence-corrected chi connectivity index (χ1v) is 6.99. The Balaban J connectivity index is 2.05. The van der Waals surface area contributed by atoms with E-state index in [1.165, 1.54) is 6.42 Å². The molecule has 1 atom stereocenters. The minimum atomic E-state index is 0.154. The Hall–Kier alpha value is -0.870. The molecule has 1 aromatic rings. The van der Waals surface area contributed by atoms with E-state index in [0.29, 0.717) is 17.9 Å². The number of rotatable bonds is 4. The molecule has 1 fully saturated rings. The molecular formula is C14H17BrO3. The van der Waals surface area contributed by atoms with Gasteiger partial charge in [-0.2, -0.15) is 0 Å². The maximum absolute atomic E-state index is 11.1. The molecule has 0 N–H and O–H groups in total. The summed E-state index contributed by atoms with van der Waals surface area (Å²) in [5.41, 5.74) is 1.54. The second-order valence-corrected chi connectivity index (χ2v) is 5.47. The van der Waals surface area contributed by atoms with Crippen LogP contribution in [0.5, 0.6) is 5.75 Å². The van der Waals surface area contributed by atoms with Crippen LogP contribution in [0.1, 0.15) is 35.2 Å². The van der Waals surface area contributed by atoms with E-state index in [0.717, 1.165) is 35.8 Å². The highest BCUT2D eigenvalue weighted by Gasteiger charge is 2.16. The predicted octanol–water partition coefficient (Wildman–Crippen LogP) is 3.52. The summed E-state index contributed by atoms with van der Waals surface area (Å²) in [6.07, 6.45) is 4.34. The van der Waals surface area contributed by atoms with Crippen LogP contribution >= 0.6 is 15.9 Å². The van der Waals surface area contributed by atoms with Crippen molar-refractivity contribution in [3.05, 3.63) is 27.7 Å². The first-order valence-electron chi connectivity index (χ1n) is 6.20. The third kappa shape index (κ3) is 3.33. The molecule has 1 aliphatic rings. The third-order valence-corrected chi connectivity index (χ3v) is 3.54. The van der Waals surface area contributed by atoms with Gasteiger partial charge in [0.25, 0.3) is 0 Å². The van der Waals surface area contributed by atoms with Crippen LogP contribution in [-0.2, 0) is 4.74 Å². The number of hydrogen-bond acceptors (Lipinski definition) is 3. The number of halogens is 1. The number of aryl methyl sites for hydroxylation is 1. The van der Waals surface area contributed by atoms with Crippen LogP contribution in [0.2, 0.25) is 0 Å². The van der Waals surface area contributed by atoms with E-state index in [4.69, 9.17) is 9.47 Å². The average Bonchev–Trinajstić information content (AvgIpc) is 2.38. The van der Waals surface area contributed by atoms with Gasteiger partial charge in [0, 0.05) is 11.1 Å². The molecular weight excluding hydrogens is 296 g/mol. The maximum Gasteiger partial charge on any atom is 0.153 e. The molecule has 2 rings (SSSR count). The lowest BCUT2D eigenvalue weighted by molar-refractivity contribution is -0.0112. The standard InChI is InChI=1S/C14H17BrO3/c1-10-6-12(15)7-11(8-16)14(10)18-9-13-4-2-3-5-17-13/h6-8,13H,2-5,9H2,1H3. The molecule has 0 aliphatic carbocycles. The Bertz CT molecular complexity index is 425. The quantitative estimate of drug-likeness (QED) is 0.798. The minimum absolute atomic E-state index is 0.154. The van der Waals surface area contributed by atoms with Gasteiger partial charge < -0.3 is 9.47 Å². The van der Waals surface area contributed by atoms with E-state index >= 15 is 0 Å². The molecule has 98 valence electrons. The van der Waals surface area contributed by atoms with E-state index in [-0.39, 0.29) is 6.10 Å².